The van der Waals surface area contributed by atoms with E-state index in [2.05, 4.69) is 10.4 Å². The Labute approximate surface area is 213 Å². The van der Waals surface area contributed by atoms with Gasteiger partial charge < -0.3 is 10.1 Å². The van der Waals surface area contributed by atoms with Gasteiger partial charge in [-0.05, 0) is 73.2 Å². The van der Waals surface area contributed by atoms with Crippen LogP contribution in [0.2, 0.25) is 0 Å². The highest BCUT2D eigenvalue weighted by Gasteiger charge is 2.28. The number of benzene rings is 2. The lowest BCUT2D eigenvalue weighted by Crippen LogP contribution is -2.29. The number of fused-ring (bicyclic) bond motifs is 2. The summed E-state index contributed by atoms with van der Waals surface area (Å²) in [5, 5.41) is 7.71. The molecule has 0 spiro atoms. The van der Waals surface area contributed by atoms with Gasteiger partial charge in [-0.3, -0.25) is 4.79 Å². The first-order chi connectivity index (χ1) is 17.7. The molecule has 1 aliphatic rings. The molecule has 1 N–H and O–H groups in total. The van der Waals surface area contributed by atoms with E-state index in [4.69, 9.17) is 4.74 Å². The highest BCUT2D eigenvalue weighted by atomic mass is 19.1. The minimum absolute atomic E-state index is 0.108. The zero-order chi connectivity index (χ0) is 26.4. The van der Waals surface area contributed by atoms with Crippen molar-refractivity contribution in [2.24, 2.45) is 0 Å². The van der Waals surface area contributed by atoms with Crippen LogP contribution in [-0.4, -0.2) is 28.6 Å². The number of carbonyl (C=O) groups is 2. The van der Waals surface area contributed by atoms with Crippen LogP contribution in [0.15, 0.2) is 48.5 Å². The standard InChI is InChI=1S/C29H27F2N3O3/c1-15(2)27-19(28(35)32-23-12-10-17-8-9-18(14-20(17)23)29(36)37-4)11-13-24-25(16(3)33-34(24)27)26-21(30)6-5-7-22(26)31/h5-9,11,13-15,23H,10,12H2,1-4H3,(H,32,35). The summed E-state index contributed by atoms with van der Waals surface area (Å²) in [6.45, 7) is 5.59. The molecule has 0 saturated carbocycles. The number of pyridine rings is 1. The summed E-state index contributed by atoms with van der Waals surface area (Å²) >= 11 is 0. The molecular weight excluding hydrogens is 476 g/mol. The molecule has 0 bridgehead atoms. The Morgan fingerprint density at radius 2 is 1.81 bits per heavy atom. The molecule has 8 heteroatoms. The summed E-state index contributed by atoms with van der Waals surface area (Å²) < 4.78 is 35.8. The van der Waals surface area contributed by atoms with Crippen molar-refractivity contribution in [2.45, 2.75) is 45.6 Å². The van der Waals surface area contributed by atoms with Crippen LogP contribution in [0.25, 0.3) is 16.6 Å². The summed E-state index contributed by atoms with van der Waals surface area (Å²) in [5.41, 5.74) is 4.71. The van der Waals surface area contributed by atoms with Crippen molar-refractivity contribution in [2.75, 3.05) is 7.11 Å². The van der Waals surface area contributed by atoms with Crippen LogP contribution in [-0.2, 0) is 11.2 Å². The predicted octanol–water partition coefficient (Wildman–Crippen LogP) is 5.92. The van der Waals surface area contributed by atoms with E-state index in [1.54, 1.807) is 35.7 Å². The predicted molar refractivity (Wildman–Crippen MR) is 136 cm³/mol. The number of halogens is 2. The monoisotopic (exact) mass is 503 g/mol. The maximum Gasteiger partial charge on any atom is 0.337 e. The van der Waals surface area contributed by atoms with E-state index < -0.39 is 17.6 Å². The molecule has 0 aliphatic heterocycles. The van der Waals surface area contributed by atoms with Crippen LogP contribution in [0, 0.1) is 18.6 Å². The first kappa shape index (κ1) is 24.6. The lowest BCUT2D eigenvalue weighted by Gasteiger charge is -2.19. The Morgan fingerprint density at radius 3 is 2.49 bits per heavy atom. The van der Waals surface area contributed by atoms with Gasteiger partial charge >= 0.3 is 5.97 Å². The van der Waals surface area contributed by atoms with E-state index in [-0.39, 0.29) is 23.4 Å². The fourth-order valence-corrected chi connectivity index (χ4v) is 5.27. The molecule has 2 heterocycles. The van der Waals surface area contributed by atoms with Gasteiger partial charge in [0.25, 0.3) is 5.91 Å². The van der Waals surface area contributed by atoms with E-state index >= 15 is 0 Å². The molecule has 2 aromatic carbocycles. The Bertz CT molecular complexity index is 1540. The highest BCUT2D eigenvalue weighted by molar-refractivity contribution is 5.97. The van der Waals surface area contributed by atoms with Crippen LogP contribution in [0.3, 0.4) is 0 Å². The summed E-state index contributed by atoms with van der Waals surface area (Å²) in [4.78, 5) is 25.6. The zero-order valence-electron chi connectivity index (χ0n) is 21.1. The van der Waals surface area contributed by atoms with Gasteiger partial charge in [0, 0.05) is 5.56 Å². The molecule has 0 saturated heterocycles. The molecule has 190 valence electrons. The number of nitrogens with zero attached hydrogens (tertiary/aromatic N) is 2. The van der Waals surface area contributed by atoms with Crippen LogP contribution < -0.4 is 5.32 Å². The number of carbonyl (C=O) groups excluding carboxylic acids is 2. The third kappa shape index (κ3) is 4.16. The molecule has 6 nitrogen and oxygen atoms in total. The number of aromatic nitrogens is 2. The number of methoxy groups -OCH3 is 1. The Balaban J connectivity index is 1.55. The molecule has 0 fully saturated rings. The molecule has 4 aromatic rings. The molecular formula is C29H27F2N3O3. The normalized spacial score (nSPS) is 14.7. The van der Waals surface area contributed by atoms with E-state index in [9.17, 15) is 18.4 Å². The summed E-state index contributed by atoms with van der Waals surface area (Å²) in [6.07, 6.45) is 1.50. The van der Waals surface area contributed by atoms with Gasteiger partial charge in [0.15, 0.2) is 0 Å². The van der Waals surface area contributed by atoms with Crippen LogP contribution in [0.1, 0.15) is 75.5 Å². The third-order valence-electron chi connectivity index (χ3n) is 6.96. The number of aryl methyl sites for hydroxylation is 2. The Morgan fingerprint density at radius 1 is 1.08 bits per heavy atom. The molecule has 1 aliphatic carbocycles. The topological polar surface area (TPSA) is 72.7 Å². The minimum Gasteiger partial charge on any atom is -0.465 e. The van der Waals surface area contributed by atoms with Gasteiger partial charge in [0.2, 0.25) is 0 Å². The van der Waals surface area contributed by atoms with E-state index in [0.29, 0.717) is 40.0 Å². The van der Waals surface area contributed by atoms with Gasteiger partial charge in [-0.1, -0.05) is 26.0 Å². The van der Waals surface area contributed by atoms with Crippen molar-refractivity contribution >= 4 is 17.4 Å². The maximum absolute atomic E-state index is 14.7. The van der Waals surface area contributed by atoms with Gasteiger partial charge in [0.05, 0.1) is 46.7 Å². The second-order valence-corrected chi connectivity index (χ2v) is 9.61. The van der Waals surface area contributed by atoms with Gasteiger partial charge in [0.1, 0.15) is 11.6 Å². The van der Waals surface area contributed by atoms with Gasteiger partial charge in [-0.25, -0.2) is 18.1 Å². The maximum atomic E-state index is 14.7. The fourth-order valence-electron chi connectivity index (χ4n) is 5.27. The lowest BCUT2D eigenvalue weighted by molar-refractivity contribution is 0.0600. The fraction of sp³-hybridized carbons (Fsp3) is 0.276. The number of rotatable bonds is 5. The molecule has 1 amide bonds. The number of hydrogen-bond acceptors (Lipinski definition) is 4. The quantitative estimate of drug-likeness (QED) is 0.344. The number of esters is 1. The molecule has 0 radical (unpaired) electrons. The van der Waals surface area contributed by atoms with E-state index in [1.165, 1.54) is 25.3 Å². The van der Waals surface area contributed by atoms with Crippen molar-refractivity contribution in [3.05, 3.63) is 93.8 Å². The first-order valence-electron chi connectivity index (χ1n) is 12.2. The Hall–Kier alpha value is -4.07. The summed E-state index contributed by atoms with van der Waals surface area (Å²) in [5.74, 6) is -2.15. The molecule has 5 rings (SSSR count). The Kier molecular flexibility index (Phi) is 6.27. The van der Waals surface area contributed by atoms with Gasteiger partial charge in [-0.2, -0.15) is 5.10 Å². The molecule has 1 unspecified atom stereocenters. The summed E-state index contributed by atoms with van der Waals surface area (Å²) in [6, 6.07) is 12.3. The minimum atomic E-state index is -0.669. The van der Waals surface area contributed by atoms with E-state index in [0.717, 1.165) is 17.5 Å². The summed E-state index contributed by atoms with van der Waals surface area (Å²) in [7, 11) is 1.33. The van der Waals surface area contributed by atoms with E-state index in [1.807, 2.05) is 19.9 Å². The lowest BCUT2D eigenvalue weighted by atomic mass is 9.99. The second-order valence-electron chi connectivity index (χ2n) is 9.61. The van der Waals surface area contributed by atoms with Crippen LogP contribution >= 0.6 is 0 Å². The number of hydrogen-bond donors (Lipinski definition) is 1. The first-order valence-corrected chi connectivity index (χ1v) is 12.2. The van der Waals surface area contributed by atoms with Crippen molar-refractivity contribution in [1.29, 1.82) is 0 Å². The molecule has 2 aromatic heterocycles. The molecule has 37 heavy (non-hydrogen) atoms. The number of nitrogens with one attached hydrogen (secondary N) is 1. The van der Waals surface area contributed by atoms with Crippen molar-refractivity contribution < 1.29 is 23.1 Å². The van der Waals surface area contributed by atoms with Crippen molar-refractivity contribution in [3.8, 4) is 11.1 Å². The number of ether oxygens (including phenoxy) is 1. The third-order valence-corrected chi connectivity index (χ3v) is 6.96. The zero-order valence-corrected chi connectivity index (χ0v) is 21.1. The smallest absolute Gasteiger partial charge is 0.337 e. The number of amides is 1. The highest BCUT2D eigenvalue weighted by Crippen LogP contribution is 2.36. The average Bonchev–Trinajstić information content (AvgIpc) is 3.42. The largest absolute Gasteiger partial charge is 0.465 e. The van der Waals surface area contributed by atoms with Crippen molar-refractivity contribution in [3.63, 3.8) is 0 Å². The average molecular weight is 504 g/mol. The molecule has 1 atom stereocenters. The van der Waals surface area contributed by atoms with Crippen LogP contribution in [0.4, 0.5) is 8.78 Å². The second kappa shape index (κ2) is 9.42. The SMILES string of the molecule is COC(=O)c1ccc2c(c1)C(NC(=O)c1ccc3c(-c4c(F)cccc4F)c(C)nn3c1C(C)C)CC2. The van der Waals surface area contributed by atoms with Crippen molar-refractivity contribution in [1.82, 2.24) is 14.9 Å². The van der Waals surface area contributed by atoms with Crippen LogP contribution in [0.5, 0.6) is 0 Å². The van der Waals surface area contributed by atoms with Gasteiger partial charge in [-0.15, -0.1) is 0 Å².